The van der Waals surface area contributed by atoms with Gasteiger partial charge < -0.3 is 115 Å². The van der Waals surface area contributed by atoms with Crippen molar-refractivity contribution in [2.45, 2.75) is 0 Å². The number of rotatable bonds is 0. The van der Waals surface area contributed by atoms with Gasteiger partial charge in [-0.15, -0.1) is 30.7 Å². The summed E-state index contributed by atoms with van der Waals surface area (Å²) in [6.07, 6.45) is 0. The number of hydrogen-bond donors (Lipinski definition) is 0. The van der Waals surface area contributed by atoms with Gasteiger partial charge in [0.1, 0.15) is 39.6 Å². The summed E-state index contributed by atoms with van der Waals surface area (Å²) in [5.41, 5.74) is 0. The normalized spacial score (nSPS) is 15.7. The topological polar surface area (TPSA) is 679 Å². The van der Waals surface area contributed by atoms with Gasteiger partial charge in [-0.3, -0.25) is 0 Å². The molecular weight excluding hydrogens is 1330 g/mol. The van der Waals surface area contributed by atoms with E-state index >= 15 is 0 Å². The maximum atomic E-state index is 8.49. The molecule has 0 spiro atoms. The maximum absolute atomic E-state index is 8.49. The van der Waals surface area contributed by atoms with E-state index in [1.807, 2.05) is 72.8 Å². The van der Waals surface area contributed by atoms with Gasteiger partial charge in [-0.1, -0.05) is 36.4 Å². The molecule has 0 unspecified atom stereocenters. The zero-order chi connectivity index (χ0) is 53.0. The van der Waals surface area contributed by atoms with Crippen molar-refractivity contribution in [1.29, 1.82) is 0 Å². The van der Waals surface area contributed by atoms with E-state index in [2.05, 4.69) is 0 Å². The molecule has 35 nitrogen and oxygen atoms in total. The Morgan fingerprint density at radius 2 is 0.284 bits per heavy atom. The molecular formula is C42H84Cl3DyO35+8. The van der Waals surface area contributed by atoms with E-state index in [0.29, 0.717) is 159 Å². The van der Waals surface area contributed by atoms with E-state index in [4.69, 9.17) is 127 Å². The summed E-state index contributed by atoms with van der Waals surface area (Å²) in [6, 6.07) is 22.8. The fourth-order valence-electron chi connectivity index (χ4n) is 4.95. The third-order valence-corrected chi connectivity index (χ3v) is 7.69. The third kappa shape index (κ3) is 71.6. The first-order chi connectivity index (χ1) is 34.4. The van der Waals surface area contributed by atoms with Crippen LogP contribution < -0.4 is 84.3 Å². The first-order valence-electron chi connectivity index (χ1n) is 21.5. The molecule has 3 aliphatic rings. The molecule has 81 heavy (non-hydrogen) atoms. The molecule has 0 amide bonds. The number of ether oxygens (including phenoxy) is 15. The Labute approximate surface area is 502 Å². The molecule has 0 fully saturated rings. The van der Waals surface area contributed by atoms with E-state index in [-0.39, 0.29) is 82.0 Å². The van der Waals surface area contributed by atoms with Gasteiger partial charge in [0.25, 0.3) is 0 Å². The largest absolute Gasteiger partial charge is 3.00 e. The molecule has 0 aliphatic carbocycles. The van der Waals surface area contributed by atoms with Crippen LogP contribution in [0.3, 0.4) is 0 Å². The summed E-state index contributed by atoms with van der Waals surface area (Å²) >= 11 is 0. The Hall–Kier alpha value is -2.56. The van der Waals surface area contributed by atoms with E-state index in [1.54, 1.807) is 0 Å². The van der Waals surface area contributed by atoms with Crippen LogP contribution in [0, 0.1) is 68.9 Å². The second kappa shape index (κ2) is 63.5. The second-order valence-corrected chi connectivity index (χ2v) is 15.3. The second-order valence-electron chi connectivity index (χ2n) is 13.1. The van der Waals surface area contributed by atoms with Crippen molar-refractivity contribution in [3.8, 4) is 34.5 Å². The summed E-state index contributed by atoms with van der Waals surface area (Å²) < 4.78 is 184. The molecule has 24 N–H and O–H groups in total. The van der Waals surface area contributed by atoms with Crippen LogP contribution in [0.25, 0.3) is 0 Å². The van der Waals surface area contributed by atoms with Gasteiger partial charge in [-0.05, 0) is 36.4 Å². The zero-order valence-corrected chi connectivity index (χ0v) is 48.3. The van der Waals surface area contributed by atoms with Gasteiger partial charge in [-0.25, -0.2) is 55.9 Å². The monoisotopic (exact) mass is 1420 g/mol. The average molecular weight is 1420 g/mol. The SMILES string of the molecule is [Dy+3].[O-][Cl+3]([O-])([O-])[O-].[O-][Cl+3]([O-])([O-])[O-].[O-][Cl+3]([O-])([O-])[O-].[OH3+].[OH3+].[OH3+].[OH3+].[OH3+].[OH3+].[OH3+].[OH3+].c1ccc2c(c1)OCCOCCOCCOCCO2.c1ccc2c(c1)OCCOCCOCCOCCO2.c1ccc2c(c1)OCCOCCOCCOCCO2. The summed E-state index contributed by atoms with van der Waals surface area (Å²) in [6.45, 7) is 13.1. The van der Waals surface area contributed by atoms with Gasteiger partial charge >= 0.3 is 38.2 Å². The molecule has 0 atom stereocenters. The first-order valence-corrected chi connectivity index (χ1v) is 25.2. The van der Waals surface area contributed by atoms with Crippen LogP contribution in [0.2, 0.25) is 0 Å². The standard InChI is InChI=1S/3C14H20O5.3ClHO4.Dy.8H2O/c3*1-2-4-14-13(3-1)18-11-9-16-7-5-15-6-8-17-10-12-19-14;3*2-1(3,4)5;;;;;;;;;/h3*1-4H,5-12H2;3*(H,2,3,4,5);;8*1H2/q;;;;;;+3;;;;;;;;/p+5. The predicted octanol–water partition coefficient (Wildman–Crippen LogP) is -17.1. The minimum absolute atomic E-state index is 0. The first kappa shape index (κ1) is 97.6. The van der Waals surface area contributed by atoms with Crippen LogP contribution in [0.5, 0.6) is 34.5 Å². The number of fused-ring (bicyclic) bond motifs is 3. The van der Waals surface area contributed by atoms with Crippen LogP contribution in [-0.2, 0) is 86.4 Å². The predicted molar refractivity (Wildman–Crippen MR) is 249 cm³/mol. The molecule has 3 aromatic carbocycles. The fourth-order valence-corrected chi connectivity index (χ4v) is 4.95. The van der Waals surface area contributed by atoms with Gasteiger partial charge in [0.15, 0.2) is 34.5 Å². The smallest absolute Gasteiger partial charge is 0.487 e. The number of benzene rings is 3. The molecule has 0 aromatic heterocycles. The Morgan fingerprint density at radius 3 is 0.383 bits per heavy atom. The number of hydrogen-bond acceptors (Lipinski definition) is 27. The van der Waals surface area contributed by atoms with Crippen molar-refractivity contribution in [3.63, 3.8) is 0 Å². The van der Waals surface area contributed by atoms with E-state index in [1.165, 1.54) is 0 Å². The molecule has 39 heteroatoms. The van der Waals surface area contributed by atoms with Crippen LogP contribution in [0.15, 0.2) is 72.8 Å². The van der Waals surface area contributed by atoms with Crippen molar-refractivity contribution in [3.05, 3.63) is 72.8 Å². The van der Waals surface area contributed by atoms with Crippen molar-refractivity contribution in [2.24, 2.45) is 0 Å². The van der Waals surface area contributed by atoms with Gasteiger partial charge in [-0.2, -0.15) is 0 Å². The molecule has 485 valence electrons. The molecule has 0 saturated heterocycles. The van der Waals surface area contributed by atoms with Crippen molar-refractivity contribution in [1.82, 2.24) is 0 Å². The van der Waals surface area contributed by atoms with Crippen molar-refractivity contribution in [2.75, 3.05) is 159 Å². The fraction of sp³-hybridized carbons (Fsp3) is 0.571. The summed E-state index contributed by atoms with van der Waals surface area (Å²) in [5, 5.41) is 0. The Bertz CT molecular complexity index is 1410. The molecule has 3 aromatic rings. The van der Waals surface area contributed by atoms with Crippen molar-refractivity contribution < 1.29 is 240 Å². The number of halogens is 3. The number of para-hydroxylation sites is 6. The molecule has 0 saturated carbocycles. The molecule has 6 rings (SSSR count). The van der Waals surface area contributed by atoms with Gasteiger partial charge in [0.05, 0.1) is 119 Å². The van der Waals surface area contributed by atoms with Crippen LogP contribution in [0.1, 0.15) is 0 Å². The van der Waals surface area contributed by atoms with Crippen LogP contribution >= 0.6 is 0 Å². The van der Waals surface area contributed by atoms with Crippen LogP contribution in [-0.4, -0.2) is 159 Å². The third-order valence-electron chi connectivity index (χ3n) is 7.69. The quantitative estimate of drug-likeness (QED) is 0.189. The Kier molecular flexibility index (Phi) is 76.4. The minimum Gasteiger partial charge on any atom is -0.487 e. The maximum Gasteiger partial charge on any atom is 3.00 e. The summed E-state index contributed by atoms with van der Waals surface area (Å²) in [7, 11) is -14.8. The summed E-state index contributed by atoms with van der Waals surface area (Å²) in [4.78, 5) is 0. The molecule has 3 heterocycles. The van der Waals surface area contributed by atoms with Crippen molar-refractivity contribution >= 4 is 0 Å². The molecule has 0 bridgehead atoms. The van der Waals surface area contributed by atoms with E-state index < -0.39 is 30.7 Å². The van der Waals surface area contributed by atoms with Gasteiger partial charge in [0, 0.05) is 0 Å². The van der Waals surface area contributed by atoms with Gasteiger partial charge in [0.2, 0.25) is 0 Å². The zero-order valence-electron chi connectivity index (χ0n) is 44.0. The van der Waals surface area contributed by atoms with E-state index in [0.717, 1.165) is 34.5 Å². The van der Waals surface area contributed by atoms with Crippen LogP contribution in [0.4, 0.5) is 0 Å². The minimum atomic E-state index is -4.94. The molecule has 3 aliphatic heterocycles. The van der Waals surface area contributed by atoms with E-state index in [9.17, 15) is 0 Å². The average Bonchev–Trinajstić information content (AvgIpc) is 3.33. The molecule has 1 radical (unpaired) electrons. The summed E-state index contributed by atoms with van der Waals surface area (Å²) in [5.74, 6) is 4.40. The Balaban J connectivity index is -0.000000116. The Morgan fingerprint density at radius 1 is 0.198 bits per heavy atom.